The van der Waals surface area contributed by atoms with Crippen LogP contribution in [0.3, 0.4) is 0 Å². The van der Waals surface area contributed by atoms with Crippen LogP contribution >= 0.6 is 0 Å². The summed E-state index contributed by atoms with van der Waals surface area (Å²) in [6.07, 6.45) is 2.27. The molecule has 2 heterocycles. The van der Waals surface area contributed by atoms with Crippen molar-refractivity contribution >= 4 is 22.6 Å². The number of hydrogen-bond acceptors (Lipinski definition) is 7. The van der Waals surface area contributed by atoms with Crippen molar-refractivity contribution in [3.05, 3.63) is 59.8 Å². The Morgan fingerprint density at radius 3 is 2.44 bits per heavy atom. The first-order valence-corrected chi connectivity index (χ1v) is 13.0. The number of nitrogens with zero attached hydrogens (tertiary/aromatic N) is 3. The number of aliphatic hydroxyl groups excluding tert-OH is 1. The zero-order valence-electron chi connectivity index (χ0n) is 22.5. The van der Waals surface area contributed by atoms with Gasteiger partial charge in [0.1, 0.15) is 29.7 Å². The lowest BCUT2D eigenvalue weighted by Gasteiger charge is -2.39. The van der Waals surface area contributed by atoms with Gasteiger partial charge in [0.15, 0.2) is 0 Å². The Labute approximate surface area is 226 Å². The number of ether oxygens (including phenoxy) is 2. The Bertz CT molecular complexity index is 1290. The second kappa shape index (κ2) is 12.1. The average molecular weight is 544 g/mol. The highest BCUT2D eigenvalue weighted by Gasteiger charge is 2.41. The molecule has 1 aliphatic heterocycles. The van der Waals surface area contributed by atoms with Gasteiger partial charge < -0.3 is 24.6 Å². The Balaban J connectivity index is 1.41. The quantitative estimate of drug-likeness (QED) is 0.361. The second-order valence-electron chi connectivity index (χ2n) is 10.3. The molecule has 8 nitrogen and oxygen atoms in total. The van der Waals surface area contributed by atoms with Crippen LogP contribution in [0.2, 0.25) is 0 Å². The van der Waals surface area contributed by atoms with Crippen LogP contribution in [0.1, 0.15) is 37.4 Å². The van der Waals surface area contributed by atoms with Crippen LogP contribution in [-0.4, -0.2) is 73.5 Å². The summed E-state index contributed by atoms with van der Waals surface area (Å²) >= 11 is 0. The summed E-state index contributed by atoms with van der Waals surface area (Å²) < 4.78 is 37.6. The average Bonchev–Trinajstić information content (AvgIpc) is 2.90. The Hall–Kier alpha value is -3.50. The van der Waals surface area contributed by atoms with Gasteiger partial charge in [-0.3, -0.25) is 14.7 Å². The number of rotatable bonds is 11. The maximum absolute atomic E-state index is 13.4. The molecule has 0 spiro atoms. The van der Waals surface area contributed by atoms with Gasteiger partial charge in [-0.05, 0) is 57.0 Å². The molecule has 0 amide bonds. The number of likely N-dealkylation sites (tertiary alicyclic amines) is 1. The van der Waals surface area contributed by atoms with E-state index in [0.29, 0.717) is 50.2 Å². The number of pyridine rings is 1. The van der Waals surface area contributed by atoms with Crippen LogP contribution in [0, 0.1) is 17.0 Å². The lowest BCUT2D eigenvalue weighted by atomic mass is 9.74. The smallest absolute Gasteiger partial charge is 0.309 e. The number of halogens is 2. The summed E-state index contributed by atoms with van der Waals surface area (Å²) in [7, 11) is 5.33. The number of benzene rings is 2. The van der Waals surface area contributed by atoms with Crippen LogP contribution < -0.4 is 14.4 Å². The molecule has 2 N–H and O–H groups in total. The van der Waals surface area contributed by atoms with Crippen LogP contribution in [0.5, 0.6) is 11.5 Å². The number of methoxy groups -OCH3 is 1. The molecule has 4 rings (SSSR count). The zero-order chi connectivity index (χ0) is 28.2. The van der Waals surface area contributed by atoms with Crippen molar-refractivity contribution in [1.29, 1.82) is 0 Å². The standard InChI is InChI=1S/C29H35F2N3O5/c1-33(2)25-18-32-24-5-4-21(38-3)17-23(24)27(25)26(35)6-7-29(28(36)37)8-10-34(11-9-29)12-13-39-22-15-19(30)14-20(31)16-22/h4-5,14-18,26,35H,6-13H2,1-3H3,(H,36,37). The number of anilines is 1. The number of hydrogen-bond donors (Lipinski definition) is 2. The minimum atomic E-state index is -0.956. The topological polar surface area (TPSA) is 95.4 Å². The van der Waals surface area contributed by atoms with E-state index in [9.17, 15) is 23.8 Å². The van der Waals surface area contributed by atoms with Crippen molar-refractivity contribution in [2.75, 3.05) is 52.3 Å². The van der Waals surface area contributed by atoms with Gasteiger partial charge in [-0.2, -0.15) is 0 Å². The SMILES string of the molecule is COc1ccc2ncc(N(C)C)c(C(O)CCC3(C(=O)O)CCN(CCOc4cc(F)cc(F)c4)CC3)c2c1. The maximum atomic E-state index is 13.4. The Morgan fingerprint density at radius 1 is 1.13 bits per heavy atom. The summed E-state index contributed by atoms with van der Waals surface area (Å²) in [4.78, 5) is 20.9. The molecule has 1 aromatic heterocycles. The van der Waals surface area contributed by atoms with Gasteiger partial charge >= 0.3 is 5.97 Å². The van der Waals surface area contributed by atoms with Crippen LogP contribution in [-0.2, 0) is 4.79 Å². The molecule has 10 heteroatoms. The molecule has 0 radical (unpaired) electrons. The molecular formula is C29H35F2N3O5. The van der Waals surface area contributed by atoms with Gasteiger partial charge in [0.2, 0.25) is 0 Å². The minimum absolute atomic E-state index is 0.122. The first-order chi connectivity index (χ1) is 18.6. The van der Waals surface area contributed by atoms with E-state index in [1.54, 1.807) is 13.3 Å². The summed E-state index contributed by atoms with van der Waals surface area (Å²) in [6, 6.07) is 8.55. The second-order valence-corrected chi connectivity index (χ2v) is 10.3. The van der Waals surface area contributed by atoms with Crippen molar-refractivity contribution in [2.24, 2.45) is 5.41 Å². The molecule has 3 aromatic rings. The third kappa shape index (κ3) is 6.57. The van der Waals surface area contributed by atoms with Gasteiger partial charge in [-0.1, -0.05) is 0 Å². The van der Waals surface area contributed by atoms with E-state index >= 15 is 0 Å². The molecule has 0 bridgehead atoms. The van der Waals surface area contributed by atoms with Gasteiger partial charge in [0.05, 0.1) is 36.0 Å². The molecular weight excluding hydrogens is 508 g/mol. The van der Waals surface area contributed by atoms with Gasteiger partial charge in [0, 0.05) is 49.8 Å². The molecule has 2 aromatic carbocycles. The summed E-state index contributed by atoms with van der Waals surface area (Å²) in [6.45, 7) is 1.82. The van der Waals surface area contributed by atoms with E-state index in [1.807, 2.05) is 37.2 Å². The summed E-state index contributed by atoms with van der Waals surface area (Å²) in [5, 5.41) is 22.3. The van der Waals surface area contributed by atoms with E-state index < -0.39 is 29.1 Å². The first kappa shape index (κ1) is 28.5. The summed E-state index contributed by atoms with van der Waals surface area (Å²) in [5.41, 5.74) is 1.23. The van der Waals surface area contributed by atoms with E-state index in [0.717, 1.165) is 34.8 Å². The summed E-state index contributed by atoms with van der Waals surface area (Å²) in [5.74, 6) is -1.50. The predicted octanol–water partition coefficient (Wildman–Crippen LogP) is 4.65. The van der Waals surface area contributed by atoms with Crippen LogP contribution in [0.15, 0.2) is 42.6 Å². The van der Waals surface area contributed by atoms with Crippen molar-refractivity contribution < 1.29 is 33.3 Å². The lowest BCUT2D eigenvalue weighted by molar-refractivity contribution is -0.153. The van der Waals surface area contributed by atoms with Gasteiger partial charge in [-0.15, -0.1) is 0 Å². The molecule has 0 aliphatic carbocycles. The molecule has 39 heavy (non-hydrogen) atoms. The predicted molar refractivity (Wildman–Crippen MR) is 144 cm³/mol. The van der Waals surface area contributed by atoms with Gasteiger partial charge in [0.25, 0.3) is 0 Å². The van der Waals surface area contributed by atoms with Crippen LogP contribution in [0.4, 0.5) is 14.5 Å². The Morgan fingerprint density at radius 2 is 1.82 bits per heavy atom. The third-order valence-corrected chi connectivity index (χ3v) is 7.59. The number of carboxylic acids is 1. The van der Waals surface area contributed by atoms with Gasteiger partial charge in [-0.25, -0.2) is 8.78 Å². The molecule has 1 aliphatic rings. The Kier molecular flexibility index (Phi) is 8.87. The van der Waals surface area contributed by atoms with E-state index in [4.69, 9.17) is 9.47 Å². The molecule has 1 unspecified atom stereocenters. The number of carboxylic acid groups (broad SMARTS) is 1. The highest BCUT2D eigenvalue weighted by molar-refractivity contribution is 5.88. The largest absolute Gasteiger partial charge is 0.497 e. The molecule has 210 valence electrons. The number of carbonyl (C=O) groups is 1. The van der Waals surface area contributed by atoms with E-state index in [1.165, 1.54) is 0 Å². The van der Waals surface area contributed by atoms with Crippen molar-refractivity contribution in [3.8, 4) is 11.5 Å². The highest BCUT2D eigenvalue weighted by atomic mass is 19.1. The number of fused-ring (bicyclic) bond motifs is 1. The maximum Gasteiger partial charge on any atom is 0.309 e. The van der Waals surface area contributed by atoms with Crippen molar-refractivity contribution in [2.45, 2.75) is 31.8 Å². The molecule has 1 saturated heterocycles. The molecule has 1 fully saturated rings. The number of aromatic nitrogens is 1. The third-order valence-electron chi connectivity index (χ3n) is 7.59. The monoisotopic (exact) mass is 543 g/mol. The number of piperidine rings is 1. The van der Waals surface area contributed by atoms with Crippen molar-refractivity contribution in [3.63, 3.8) is 0 Å². The molecule has 0 saturated carbocycles. The lowest BCUT2D eigenvalue weighted by Crippen LogP contribution is -2.45. The van der Waals surface area contributed by atoms with E-state index in [-0.39, 0.29) is 18.8 Å². The normalized spacial score (nSPS) is 16.2. The zero-order valence-corrected chi connectivity index (χ0v) is 22.5. The molecule has 1 atom stereocenters. The fourth-order valence-electron chi connectivity index (χ4n) is 5.25. The van der Waals surface area contributed by atoms with Crippen molar-refractivity contribution in [1.82, 2.24) is 9.88 Å². The first-order valence-electron chi connectivity index (χ1n) is 13.0. The van der Waals surface area contributed by atoms with E-state index in [2.05, 4.69) is 9.88 Å². The fourth-order valence-corrected chi connectivity index (χ4v) is 5.25. The minimum Gasteiger partial charge on any atom is -0.497 e. The number of aliphatic carboxylic acids is 1. The van der Waals surface area contributed by atoms with Crippen LogP contribution in [0.25, 0.3) is 10.9 Å². The fraction of sp³-hybridized carbons (Fsp3) is 0.448. The highest BCUT2D eigenvalue weighted by Crippen LogP contribution is 2.41. The number of aliphatic hydroxyl groups is 1.